The highest BCUT2D eigenvalue weighted by Gasteiger charge is 2.22. The Labute approximate surface area is 106 Å². The Balaban J connectivity index is 3.10. The van der Waals surface area contributed by atoms with Crippen LogP contribution in [-0.2, 0) is 16.6 Å². The third-order valence-corrected chi connectivity index (χ3v) is 2.26. The van der Waals surface area contributed by atoms with Crippen molar-refractivity contribution in [2.24, 2.45) is 7.05 Å². The lowest BCUT2D eigenvalue weighted by atomic mass is 10.2. The van der Waals surface area contributed by atoms with E-state index in [0.717, 1.165) is 0 Å². The lowest BCUT2D eigenvalue weighted by Crippen LogP contribution is -2.15. The van der Waals surface area contributed by atoms with Crippen molar-refractivity contribution < 1.29 is 14.3 Å². The van der Waals surface area contributed by atoms with Crippen LogP contribution in [0.3, 0.4) is 0 Å². The summed E-state index contributed by atoms with van der Waals surface area (Å²) < 4.78 is 6.39. The fourth-order valence-corrected chi connectivity index (χ4v) is 1.56. The van der Waals surface area contributed by atoms with Crippen LogP contribution in [0.5, 0.6) is 0 Å². The number of esters is 1. The van der Waals surface area contributed by atoms with Crippen LogP contribution >= 0.6 is 0 Å². The monoisotopic (exact) mass is 251 g/mol. The zero-order chi connectivity index (χ0) is 13.7. The van der Waals surface area contributed by atoms with Gasteiger partial charge < -0.3 is 10.1 Å². The van der Waals surface area contributed by atoms with E-state index in [1.807, 2.05) is 0 Å². The average molecular weight is 251 g/mol. The van der Waals surface area contributed by atoms with Crippen molar-refractivity contribution in [3.05, 3.63) is 23.4 Å². The Morgan fingerprint density at radius 2 is 2.17 bits per heavy atom. The Hall–Kier alpha value is -2.11. The molecular formula is C12H17N3O3. The van der Waals surface area contributed by atoms with Gasteiger partial charge in [-0.1, -0.05) is 6.08 Å². The first-order valence-electron chi connectivity index (χ1n) is 5.65. The molecule has 1 rings (SSSR count). The molecule has 1 heterocycles. The maximum absolute atomic E-state index is 11.8. The van der Waals surface area contributed by atoms with Crippen LogP contribution in [-0.4, -0.2) is 28.3 Å². The number of aromatic nitrogens is 2. The number of rotatable bonds is 4. The molecule has 0 aliphatic heterocycles. The fourth-order valence-electron chi connectivity index (χ4n) is 1.56. The van der Waals surface area contributed by atoms with E-state index in [9.17, 15) is 9.59 Å². The van der Waals surface area contributed by atoms with Gasteiger partial charge >= 0.3 is 5.97 Å². The first-order chi connectivity index (χ1) is 8.51. The van der Waals surface area contributed by atoms with Crippen LogP contribution in [0.2, 0.25) is 0 Å². The molecule has 98 valence electrons. The van der Waals surface area contributed by atoms with E-state index < -0.39 is 5.97 Å². The fraction of sp³-hybridized carbons (Fsp3) is 0.417. The molecule has 0 aliphatic carbocycles. The summed E-state index contributed by atoms with van der Waals surface area (Å²) in [6.07, 6.45) is 2.99. The van der Waals surface area contributed by atoms with E-state index in [-0.39, 0.29) is 18.1 Å². The van der Waals surface area contributed by atoms with Crippen molar-refractivity contribution in [3.63, 3.8) is 0 Å². The van der Waals surface area contributed by atoms with Gasteiger partial charge in [-0.05, 0) is 26.8 Å². The van der Waals surface area contributed by atoms with Gasteiger partial charge in [0.25, 0.3) is 0 Å². The van der Waals surface area contributed by atoms with Crippen molar-refractivity contribution in [1.29, 1.82) is 0 Å². The van der Waals surface area contributed by atoms with E-state index in [4.69, 9.17) is 4.74 Å². The number of nitrogens with one attached hydrogen (secondary N) is 1. The molecule has 0 spiro atoms. The number of ether oxygens (including phenoxy) is 1. The van der Waals surface area contributed by atoms with E-state index in [2.05, 4.69) is 10.4 Å². The van der Waals surface area contributed by atoms with Crippen molar-refractivity contribution in [2.75, 3.05) is 11.9 Å². The highest BCUT2D eigenvalue weighted by Crippen LogP contribution is 2.19. The molecule has 1 N–H and O–H groups in total. The number of aryl methyl sites for hydroxylation is 2. The first kappa shape index (κ1) is 14.0. The third-order valence-electron chi connectivity index (χ3n) is 2.26. The minimum absolute atomic E-state index is 0.273. The lowest BCUT2D eigenvalue weighted by Gasteiger charge is -2.06. The van der Waals surface area contributed by atoms with Gasteiger partial charge in [-0.3, -0.25) is 9.48 Å². The van der Waals surface area contributed by atoms with Gasteiger partial charge in [0.05, 0.1) is 12.3 Å². The smallest absolute Gasteiger partial charge is 0.343 e. The second-order valence-electron chi connectivity index (χ2n) is 3.64. The quantitative estimate of drug-likeness (QED) is 0.648. The van der Waals surface area contributed by atoms with Crippen molar-refractivity contribution in [2.45, 2.75) is 20.8 Å². The van der Waals surface area contributed by atoms with Crippen LogP contribution in [0, 0.1) is 6.92 Å². The van der Waals surface area contributed by atoms with Gasteiger partial charge in [0.1, 0.15) is 11.4 Å². The Morgan fingerprint density at radius 1 is 1.50 bits per heavy atom. The van der Waals surface area contributed by atoms with Crippen LogP contribution in [0.15, 0.2) is 12.2 Å². The third kappa shape index (κ3) is 2.97. The van der Waals surface area contributed by atoms with Crippen LogP contribution in [0.25, 0.3) is 0 Å². The Morgan fingerprint density at radius 3 is 2.72 bits per heavy atom. The van der Waals surface area contributed by atoms with Gasteiger partial charge in [-0.2, -0.15) is 5.10 Å². The highest BCUT2D eigenvalue weighted by atomic mass is 16.5. The minimum Gasteiger partial charge on any atom is -0.462 e. The molecule has 0 unspecified atom stereocenters. The molecule has 0 saturated heterocycles. The molecule has 0 radical (unpaired) electrons. The van der Waals surface area contributed by atoms with Crippen LogP contribution in [0.4, 0.5) is 5.82 Å². The van der Waals surface area contributed by atoms with Gasteiger partial charge in [0.15, 0.2) is 0 Å². The SMILES string of the molecule is C/C=C/C(=O)Nc1c(C(=O)OCC)c(C)nn1C. The van der Waals surface area contributed by atoms with E-state index in [1.165, 1.54) is 10.8 Å². The Bertz CT molecular complexity index is 489. The Kier molecular flexibility index (Phi) is 4.65. The molecule has 0 aromatic carbocycles. The zero-order valence-corrected chi connectivity index (χ0v) is 11.0. The van der Waals surface area contributed by atoms with Crippen molar-refractivity contribution in [1.82, 2.24) is 9.78 Å². The van der Waals surface area contributed by atoms with Gasteiger partial charge in [0.2, 0.25) is 5.91 Å². The number of amides is 1. The molecular weight excluding hydrogens is 234 g/mol. The maximum atomic E-state index is 11.8. The largest absolute Gasteiger partial charge is 0.462 e. The average Bonchev–Trinajstić information content (AvgIpc) is 2.54. The molecule has 0 aliphatic rings. The summed E-state index contributed by atoms with van der Waals surface area (Å²) in [5, 5.41) is 6.72. The van der Waals surface area contributed by atoms with Gasteiger partial charge in [0, 0.05) is 7.05 Å². The number of anilines is 1. The molecule has 0 saturated carbocycles. The zero-order valence-electron chi connectivity index (χ0n) is 11.0. The predicted octanol–water partition coefficient (Wildman–Crippen LogP) is 1.42. The van der Waals surface area contributed by atoms with E-state index >= 15 is 0 Å². The molecule has 6 nitrogen and oxygen atoms in total. The summed E-state index contributed by atoms with van der Waals surface area (Å²) in [5.74, 6) is -0.459. The number of hydrogen-bond donors (Lipinski definition) is 1. The second kappa shape index (κ2) is 6.00. The van der Waals surface area contributed by atoms with E-state index in [1.54, 1.807) is 33.9 Å². The second-order valence-corrected chi connectivity index (χ2v) is 3.64. The molecule has 6 heteroatoms. The van der Waals surface area contributed by atoms with Gasteiger partial charge in [-0.15, -0.1) is 0 Å². The lowest BCUT2D eigenvalue weighted by molar-refractivity contribution is -0.112. The van der Waals surface area contributed by atoms with E-state index in [0.29, 0.717) is 11.5 Å². The van der Waals surface area contributed by atoms with Crippen LogP contribution in [0.1, 0.15) is 29.9 Å². The molecule has 0 bridgehead atoms. The summed E-state index contributed by atoms with van der Waals surface area (Å²) in [4.78, 5) is 23.3. The summed E-state index contributed by atoms with van der Waals surface area (Å²) in [7, 11) is 1.65. The number of allylic oxidation sites excluding steroid dienone is 1. The molecule has 1 amide bonds. The molecule has 0 fully saturated rings. The molecule has 1 aromatic heterocycles. The van der Waals surface area contributed by atoms with Crippen molar-refractivity contribution >= 4 is 17.7 Å². The van der Waals surface area contributed by atoms with Gasteiger partial charge in [-0.25, -0.2) is 4.79 Å². The number of carbonyl (C=O) groups excluding carboxylic acids is 2. The predicted molar refractivity (Wildman–Crippen MR) is 67.3 cm³/mol. The summed E-state index contributed by atoms with van der Waals surface area (Å²) in [6, 6.07) is 0. The highest BCUT2D eigenvalue weighted by molar-refractivity contribution is 6.04. The van der Waals surface area contributed by atoms with Crippen molar-refractivity contribution in [3.8, 4) is 0 Å². The minimum atomic E-state index is -0.487. The molecule has 1 aromatic rings. The topological polar surface area (TPSA) is 73.2 Å². The normalized spacial score (nSPS) is 10.7. The number of carbonyl (C=O) groups is 2. The molecule has 18 heavy (non-hydrogen) atoms. The first-order valence-corrected chi connectivity index (χ1v) is 5.65. The number of hydrogen-bond acceptors (Lipinski definition) is 4. The maximum Gasteiger partial charge on any atom is 0.343 e. The summed E-state index contributed by atoms with van der Waals surface area (Å²) in [6.45, 7) is 5.43. The summed E-state index contributed by atoms with van der Waals surface area (Å²) in [5.41, 5.74) is 0.809. The standard InChI is InChI=1S/C12H17N3O3/c1-5-7-9(16)13-11-10(12(17)18-6-2)8(3)14-15(11)4/h5,7H,6H2,1-4H3,(H,13,16)/b7-5+. The number of nitrogens with zero attached hydrogens (tertiary/aromatic N) is 2. The van der Waals surface area contributed by atoms with Crippen LogP contribution < -0.4 is 5.32 Å². The summed E-state index contributed by atoms with van der Waals surface area (Å²) >= 11 is 0. The molecule has 0 atom stereocenters.